The molecular weight excluding hydrogens is 174 g/mol. The summed E-state index contributed by atoms with van der Waals surface area (Å²) in [7, 11) is 0. The van der Waals surface area contributed by atoms with Crippen LogP contribution in [0.25, 0.3) is 0 Å². The van der Waals surface area contributed by atoms with Crippen LogP contribution in [0.2, 0.25) is 0 Å². The van der Waals surface area contributed by atoms with Crippen LogP contribution in [-0.2, 0) is 6.42 Å². The summed E-state index contributed by atoms with van der Waals surface area (Å²) in [5.41, 5.74) is 2.36. The molecule has 0 saturated heterocycles. The van der Waals surface area contributed by atoms with Crippen molar-refractivity contribution in [1.82, 2.24) is 4.98 Å². The van der Waals surface area contributed by atoms with Gasteiger partial charge in [-0.2, -0.15) is 0 Å². The topological polar surface area (TPSA) is 22.1 Å². The van der Waals surface area contributed by atoms with Crippen LogP contribution in [0.5, 0.6) is 5.88 Å². The van der Waals surface area contributed by atoms with Crippen molar-refractivity contribution in [2.75, 3.05) is 6.61 Å². The molecule has 2 nitrogen and oxygen atoms in total. The molecule has 76 valence electrons. The Bertz CT molecular complexity index is 318. The molecule has 0 unspecified atom stereocenters. The van der Waals surface area contributed by atoms with Gasteiger partial charge in [0, 0.05) is 11.8 Å². The molecule has 2 rings (SSSR count). The minimum absolute atomic E-state index is 0.794. The van der Waals surface area contributed by atoms with Gasteiger partial charge in [0.15, 0.2) is 0 Å². The highest BCUT2D eigenvalue weighted by Gasteiger charge is 2.22. The average molecular weight is 191 g/mol. The third-order valence-corrected chi connectivity index (χ3v) is 2.56. The molecule has 0 aromatic carbocycles. The lowest BCUT2D eigenvalue weighted by molar-refractivity contribution is 0.287. The van der Waals surface area contributed by atoms with Gasteiger partial charge in [-0.1, -0.05) is 6.92 Å². The van der Waals surface area contributed by atoms with Crippen molar-refractivity contribution >= 4 is 0 Å². The minimum atomic E-state index is 0.794. The Kier molecular flexibility index (Phi) is 2.71. The summed E-state index contributed by atoms with van der Waals surface area (Å²) in [6, 6.07) is 4.17. The molecule has 1 aliphatic carbocycles. The Labute approximate surface area is 85.3 Å². The number of pyridine rings is 1. The summed E-state index contributed by atoms with van der Waals surface area (Å²) in [4.78, 5) is 4.36. The Hall–Kier alpha value is -1.05. The molecule has 1 heterocycles. The standard InChI is InChI=1S/C12H17NO/c1-3-10-6-9(2)13-12(7-10)14-8-11-4-5-11/h6-7,11H,3-5,8H2,1-2H3. The Morgan fingerprint density at radius 2 is 2.21 bits per heavy atom. The van der Waals surface area contributed by atoms with E-state index < -0.39 is 0 Å². The summed E-state index contributed by atoms with van der Waals surface area (Å²) < 4.78 is 5.64. The highest BCUT2D eigenvalue weighted by Crippen LogP contribution is 2.29. The highest BCUT2D eigenvalue weighted by molar-refractivity contribution is 5.24. The van der Waals surface area contributed by atoms with Gasteiger partial charge < -0.3 is 4.74 Å². The third-order valence-electron chi connectivity index (χ3n) is 2.56. The fourth-order valence-electron chi connectivity index (χ4n) is 1.47. The van der Waals surface area contributed by atoms with E-state index in [1.807, 2.05) is 6.92 Å². The van der Waals surface area contributed by atoms with Crippen molar-refractivity contribution in [3.8, 4) is 5.88 Å². The molecule has 1 aromatic rings. The third kappa shape index (κ3) is 2.47. The van der Waals surface area contributed by atoms with Crippen LogP contribution >= 0.6 is 0 Å². The summed E-state index contributed by atoms with van der Waals surface area (Å²) in [5.74, 6) is 1.59. The van der Waals surface area contributed by atoms with Crippen LogP contribution in [0, 0.1) is 12.8 Å². The Morgan fingerprint density at radius 1 is 1.43 bits per heavy atom. The summed E-state index contributed by atoms with van der Waals surface area (Å²) in [5, 5.41) is 0. The normalized spacial score (nSPS) is 15.6. The lowest BCUT2D eigenvalue weighted by Crippen LogP contribution is -2.02. The minimum Gasteiger partial charge on any atom is -0.477 e. The van der Waals surface area contributed by atoms with Crippen LogP contribution in [0.3, 0.4) is 0 Å². The zero-order valence-electron chi connectivity index (χ0n) is 8.92. The number of aryl methyl sites for hydroxylation is 2. The Morgan fingerprint density at radius 3 is 2.86 bits per heavy atom. The van der Waals surface area contributed by atoms with Crippen molar-refractivity contribution in [1.29, 1.82) is 0 Å². The van der Waals surface area contributed by atoms with Gasteiger partial charge >= 0.3 is 0 Å². The first kappa shape index (κ1) is 9.50. The maximum atomic E-state index is 5.64. The van der Waals surface area contributed by atoms with E-state index in [-0.39, 0.29) is 0 Å². The molecule has 0 aliphatic heterocycles. The van der Waals surface area contributed by atoms with Gasteiger partial charge in [-0.15, -0.1) is 0 Å². The Balaban J connectivity index is 2.03. The molecule has 1 fully saturated rings. The van der Waals surface area contributed by atoms with Gasteiger partial charge in [0.05, 0.1) is 6.61 Å². The zero-order chi connectivity index (χ0) is 9.97. The predicted molar refractivity (Wildman–Crippen MR) is 56.6 cm³/mol. The molecule has 0 bridgehead atoms. The molecule has 14 heavy (non-hydrogen) atoms. The lowest BCUT2D eigenvalue weighted by atomic mass is 10.2. The van der Waals surface area contributed by atoms with E-state index in [1.54, 1.807) is 0 Å². The first-order chi connectivity index (χ1) is 6.78. The average Bonchev–Trinajstić information content (AvgIpc) is 2.97. The van der Waals surface area contributed by atoms with Crippen LogP contribution < -0.4 is 4.74 Å². The second-order valence-corrected chi connectivity index (χ2v) is 4.06. The maximum absolute atomic E-state index is 5.64. The highest BCUT2D eigenvalue weighted by atomic mass is 16.5. The molecule has 0 atom stereocenters. The summed E-state index contributed by atoms with van der Waals surface area (Å²) in [6.45, 7) is 5.02. The fourth-order valence-corrected chi connectivity index (χ4v) is 1.47. The lowest BCUT2D eigenvalue weighted by Gasteiger charge is -2.06. The molecule has 1 aromatic heterocycles. The van der Waals surface area contributed by atoms with Gasteiger partial charge in [0.25, 0.3) is 0 Å². The largest absolute Gasteiger partial charge is 0.477 e. The van der Waals surface area contributed by atoms with Crippen molar-refractivity contribution in [2.24, 2.45) is 5.92 Å². The fraction of sp³-hybridized carbons (Fsp3) is 0.583. The first-order valence-corrected chi connectivity index (χ1v) is 5.38. The maximum Gasteiger partial charge on any atom is 0.213 e. The molecule has 0 amide bonds. The number of hydrogen-bond donors (Lipinski definition) is 0. The van der Waals surface area contributed by atoms with E-state index in [1.165, 1.54) is 18.4 Å². The van der Waals surface area contributed by atoms with Crippen LogP contribution in [-0.4, -0.2) is 11.6 Å². The molecule has 0 spiro atoms. The molecular formula is C12H17NO. The first-order valence-electron chi connectivity index (χ1n) is 5.38. The predicted octanol–water partition coefficient (Wildman–Crippen LogP) is 2.74. The second kappa shape index (κ2) is 3.99. The van der Waals surface area contributed by atoms with E-state index >= 15 is 0 Å². The van der Waals surface area contributed by atoms with Gasteiger partial charge in [-0.05, 0) is 43.7 Å². The molecule has 1 aliphatic rings. The van der Waals surface area contributed by atoms with Crippen LogP contribution in [0.15, 0.2) is 12.1 Å². The van der Waals surface area contributed by atoms with E-state index in [0.29, 0.717) is 0 Å². The van der Waals surface area contributed by atoms with Crippen molar-refractivity contribution in [3.05, 3.63) is 23.4 Å². The SMILES string of the molecule is CCc1cc(C)nc(OCC2CC2)c1. The van der Waals surface area contributed by atoms with Crippen LogP contribution in [0.1, 0.15) is 31.0 Å². The molecule has 0 radical (unpaired) electrons. The van der Waals surface area contributed by atoms with Crippen molar-refractivity contribution in [2.45, 2.75) is 33.1 Å². The number of hydrogen-bond acceptors (Lipinski definition) is 2. The molecule has 0 N–H and O–H groups in total. The van der Waals surface area contributed by atoms with Gasteiger partial charge in [0.1, 0.15) is 0 Å². The molecule has 1 saturated carbocycles. The number of rotatable bonds is 4. The number of ether oxygens (including phenoxy) is 1. The number of aromatic nitrogens is 1. The molecule has 2 heteroatoms. The van der Waals surface area contributed by atoms with E-state index in [0.717, 1.165) is 30.5 Å². The summed E-state index contributed by atoms with van der Waals surface area (Å²) in [6.07, 6.45) is 3.70. The van der Waals surface area contributed by atoms with E-state index in [2.05, 4.69) is 24.0 Å². The monoisotopic (exact) mass is 191 g/mol. The second-order valence-electron chi connectivity index (χ2n) is 4.06. The van der Waals surface area contributed by atoms with Gasteiger partial charge in [-0.25, -0.2) is 4.98 Å². The zero-order valence-corrected chi connectivity index (χ0v) is 8.92. The summed E-state index contributed by atoms with van der Waals surface area (Å²) >= 11 is 0. The van der Waals surface area contributed by atoms with E-state index in [9.17, 15) is 0 Å². The van der Waals surface area contributed by atoms with Gasteiger partial charge in [-0.3, -0.25) is 0 Å². The smallest absolute Gasteiger partial charge is 0.213 e. The van der Waals surface area contributed by atoms with Gasteiger partial charge in [0.2, 0.25) is 5.88 Å². The van der Waals surface area contributed by atoms with Crippen molar-refractivity contribution < 1.29 is 4.74 Å². The van der Waals surface area contributed by atoms with Crippen molar-refractivity contribution in [3.63, 3.8) is 0 Å². The van der Waals surface area contributed by atoms with E-state index in [4.69, 9.17) is 4.74 Å². The quantitative estimate of drug-likeness (QED) is 0.730. The number of nitrogens with zero attached hydrogens (tertiary/aromatic N) is 1. The van der Waals surface area contributed by atoms with Crippen LogP contribution in [0.4, 0.5) is 0 Å².